The van der Waals surface area contributed by atoms with E-state index in [0.717, 1.165) is 31.2 Å². The van der Waals surface area contributed by atoms with E-state index in [1.165, 1.54) is 11.1 Å². The maximum atomic E-state index is 12.0. The summed E-state index contributed by atoms with van der Waals surface area (Å²) in [6.07, 6.45) is 4.10. The molecule has 2 aromatic rings. The van der Waals surface area contributed by atoms with Crippen LogP contribution >= 0.6 is 15.9 Å². The van der Waals surface area contributed by atoms with Crippen LogP contribution in [0.4, 0.5) is 0 Å². The van der Waals surface area contributed by atoms with Gasteiger partial charge in [0.1, 0.15) is 0 Å². The third-order valence-electron chi connectivity index (χ3n) is 3.66. The Hall–Kier alpha value is -1.41. The first-order valence-electron chi connectivity index (χ1n) is 7.52. The summed E-state index contributed by atoms with van der Waals surface area (Å²) in [5, 5.41) is 0. The van der Waals surface area contributed by atoms with Crippen LogP contribution in [0.2, 0.25) is 0 Å². The summed E-state index contributed by atoms with van der Waals surface area (Å²) in [5.41, 5.74) is 3.48. The number of halogens is 1. The van der Waals surface area contributed by atoms with E-state index in [9.17, 15) is 4.79 Å². The Morgan fingerprint density at radius 3 is 2.10 bits per heavy atom. The zero-order chi connectivity index (χ0) is 15.1. The smallest absolute Gasteiger partial charge is 0.176 e. The number of hydrogen-bond acceptors (Lipinski definition) is 1. The van der Waals surface area contributed by atoms with E-state index in [-0.39, 0.29) is 10.6 Å². The van der Waals surface area contributed by atoms with Crippen LogP contribution in [0, 0.1) is 0 Å². The first-order chi connectivity index (χ1) is 10.2. The lowest BCUT2D eigenvalue weighted by Crippen LogP contribution is -2.12. The van der Waals surface area contributed by atoms with Crippen molar-refractivity contribution in [1.29, 1.82) is 0 Å². The number of rotatable bonds is 7. The predicted octanol–water partition coefficient (Wildman–Crippen LogP) is 5.22. The molecule has 1 nitrogen and oxygen atoms in total. The highest BCUT2D eigenvalue weighted by molar-refractivity contribution is 9.10. The Balaban J connectivity index is 1.86. The molecule has 0 heterocycles. The zero-order valence-electron chi connectivity index (χ0n) is 12.4. The Labute approximate surface area is 135 Å². The summed E-state index contributed by atoms with van der Waals surface area (Å²) in [6, 6.07) is 18.6. The van der Waals surface area contributed by atoms with Crippen molar-refractivity contribution >= 4 is 21.7 Å². The first kappa shape index (κ1) is 16.0. The van der Waals surface area contributed by atoms with Crippen molar-refractivity contribution in [2.24, 2.45) is 0 Å². The standard InChI is InChI=1S/C19H21BrO/c1-2-18(20)19(21)17-13-11-16(12-14-17)10-6-9-15-7-4-3-5-8-15/h3-5,7-8,11-14,18H,2,6,9-10H2,1H3. The van der Waals surface area contributed by atoms with Crippen molar-refractivity contribution in [2.45, 2.75) is 37.4 Å². The Morgan fingerprint density at radius 2 is 1.52 bits per heavy atom. The van der Waals surface area contributed by atoms with E-state index >= 15 is 0 Å². The minimum atomic E-state index is -0.0681. The highest BCUT2D eigenvalue weighted by Gasteiger charge is 2.14. The molecule has 110 valence electrons. The van der Waals surface area contributed by atoms with Gasteiger partial charge in [0.25, 0.3) is 0 Å². The summed E-state index contributed by atoms with van der Waals surface area (Å²) in [5.74, 6) is 0.174. The number of ketones is 1. The molecule has 0 amide bonds. The van der Waals surface area contributed by atoms with Gasteiger partial charge in [-0.05, 0) is 36.8 Å². The summed E-state index contributed by atoms with van der Waals surface area (Å²) in [7, 11) is 0. The lowest BCUT2D eigenvalue weighted by Gasteiger charge is -2.07. The molecule has 0 spiro atoms. The molecular weight excluding hydrogens is 324 g/mol. The minimum Gasteiger partial charge on any atom is -0.293 e. The van der Waals surface area contributed by atoms with Gasteiger partial charge in [0.05, 0.1) is 4.83 Å². The zero-order valence-corrected chi connectivity index (χ0v) is 14.0. The maximum absolute atomic E-state index is 12.0. The van der Waals surface area contributed by atoms with Gasteiger partial charge >= 0.3 is 0 Å². The van der Waals surface area contributed by atoms with Gasteiger partial charge in [0, 0.05) is 5.56 Å². The second kappa shape index (κ2) is 8.14. The van der Waals surface area contributed by atoms with Crippen molar-refractivity contribution < 1.29 is 4.79 Å². The number of carbonyl (C=O) groups is 1. The average Bonchev–Trinajstić information content (AvgIpc) is 2.55. The predicted molar refractivity (Wildman–Crippen MR) is 92.2 cm³/mol. The van der Waals surface area contributed by atoms with Crippen molar-refractivity contribution in [3.8, 4) is 0 Å². The number of hydrogen-bond donors (Lipinski definition) is 0. The number of benzene rings is 2. The quantitative estimate of drug-likeness (QED) is 0.497. The monoisotopic (exact) mass is 344 g/mol. The lowest BCUT2D eigenvalue weighted by atomic mass is 10.0. The van der Waals surface area contributed by atoms with Crippen LogP contribution in [0.3, 0.4) is 0 Å². The Kier molecular flexibility index (Phi) is 6.19. The van der Waals surface area contributed by atoms with Crippen molar-refractivity contribution in [1.82, 2.24) is 0 Å². The van der Waals surface area contributed by atoms with E-state index in [2.05, 4.69) is 52.3 Å². The molecule has 0 saturated heterocycles. The van der Waals surface area contributed by atoms with Gasteiger partial charge in [-0.3, -0.25) is 4.79 Å². The molecule has 0 aliphatic rings. The average molecular weight is 345 g/mol. The van der Waals surface area contributed by atoms with Crippen LogP contribution in [0.15, 0.2) is 54.6 Å². The molecule has 1 unspecified atom stereocenters. The van der Waals surface area contributed by atoms with Crippen LogP contribution in [-0.2, 0) is 12.8 Å². The molecule has 21 heavy (non-hydrogen) atoms. The molecule has 0 radical (unpaired) electrons. The van der Waals surface area contributed by atoms with Gasteiger partial charge in [-0.2, -0.15) is 0 Å². The third-order valence-corrected chi connectivity index (χ3v) is 4.72. The summed E-state index contributed by atoms with van der Waals surface area (Å²) in [6.45, 7) is 2.01. The largest absolute Gasteiger partial charge is 0.293 e. The topological polar surface area (TPSA) is 17.1 Å². The molecular formula is C19H21BrO. The maximum Gasteiger partial charge on any atom is 0.176 e. The van der Waals surface area contributed by atoms with E-state index < -0.39 is 0 Å². The molecule has 0 aliphatic heterocycles. The lowest BCUT2D eigenvalue weighted by molar-refractivity contribution is 0.0990. The van der Waals surface area contributed by atoms with Crippen LogP contribution in [0.25, 0.3) is 0 Å². The highest BCUT2D eigenvalue weighted by atomic mass is 79.9. The molecule has 2 aromatic carbocycles. The SMILES string of the molecule is CCC(Br)C(=O)c1ccc(CCCc2ccccc2)cc1. The van der Waals surface area contributed by atoms with Crippen LogP contribution in [0.5, 0.6) is 0 Å². The number of carbonyl (C=O) groups excluding carboxylic acids is 1. The second-order valence-corrected chi connectivity index (χ2v) is 6.38. The number of Topliss-reactive ketones (excluding diaryl/α,β-unsaturated/α-hetero) is 1. The summed E-state index contributed by atoms with van der Waals surface area (Å²) < 4.78 is 0. The molecule has 0 fully saturated rings. The molecule has 0 N–H and O–H groups in total. The molecule has 0 bridgehead atoms. The molecule has 2 rings (SSSR count). The molecule has 2 heteroatoms. The first-order valence-corrected chi connectivity index (χ1v) is 8.43. The number of alkyl halides is 1. The van der Waals surface area contributed by atoms with Gasteiger partial charge in [0.15, 0.2) is 5.78 Å². The minimum absolute atomic E-state index is 0.0681. The van der Waals surface area contributed by atoms with Crippen molar-refractivity contribution in [3.63, 3.8) is 0 Å². The van der Waals surface area contributed by atoms with E-state index in [1.54, 1.807) is 0 Å². The normalized spacial score (nSPS) is 12.1. The number of aryl methyl sites for hydroxylation is 2. The van der Waals surface area contributed by atoms with E-state index in [4.69, 9.17) is 0 Å². The molecule has 0 saturated carbocycles. The fourth-order valence-corrected chi connectivity index (χ4v) is 2.61. The van der Waals surface area contributed by atoms with Gasteiger partial charge < -0.3 is 0 Å². The van der Waals surface area contributed by atoms with Crippen LogP contribution in [0.1, 0.15) is 41.3 Å². The van der Waals surface area contributed by atoms with Gasteiger partial charge in [-0.25, -0.2) is 0 Å². The van der Waals surface area contributed by atoms with Crippen molar-refractivity contribution in [2.75, 3.05) is 0 Å². The fraction of sp³-hybridized carbons (Fsp3) is 0.316. The van der Waals surface area contributed by atoms with Crippen LogP contribution in [-0.4, -0.2) is 10.6 Å². The van der Waals surface area contributed by atoms with Crippen molar-refractivity contribution in [3.05, 3.63) is 71.3 Å². The third kappa shape index (κ3) is 4.82. The second-order valence-electron chi connectivity index (χ2n) is 5.28. The van der Waals surface area contributed by atoms with Crippen LogP contribution < -0.4 is 0 Å². The molecule has 0 aliphatic carbocycles. The van der Waals surface area contributed by atoms with Gasteiger partial charge in [-0.15, -0.1) is 0 Å². The Morgan fingerprint density at radius 1 is 0.952 bits per heavy atom. The summed E-state index contributed by atoms with van der Waals surface area (Å²) >= 11 is 3.42. The molecule has 0 aromatic heterocycles. The Bertz CT molecular complexity index is 560. The summed E-state index contributed by atoms with van der Waals surface area (Å²) in [4.78, 5) is 12.0. The molecule has 1 atom stereocenters. The highest BCUT2D eigenvalue weighted by Crippen LogP contribution is 2.15. The van der Waals surface area contributed by atoms with E-state index in [1.807, 2.05) is 25.1 Å². The van der Waals surface area contributed by atoms with E-state index in [0.29, 0.717) is 0 Å². The van der Waals surface area contributed by atoms with Gasteiger partial charge in [-0.1, -0.05) is 77.5 Å². The fourth-order valence-electron chi connectivity index (χ4n) is 2.34. The van der Waals surface area contributed by atoms with Gasteiger partial charge in [0.2, 0.25) is 0 Å².